The van der Waals surface area contributed by atoms with Crippen molar-refractivity contribution in [3.8, 4) is 11.5 Å². The molecule has 0 saturated heterocycles. The molecule has 260 valence electrons. The Morgan fingerprint density at radius 1 is 0.706 bits per heavy atom. The smallest absolute Gasteiger partial charge is 0.256 e. The van der Waals surface area contributed by atoms with E-state index in [0.29, 0.717) is 41.0 Å². The summed E-state index contributed by atoms with van der Waals surface area (Å²) in [6.45, 7) is 2.41. The van der Waals surface area contributed by atoms with E-state index in [-0.39, 0.29) is 18.0 Å². The van der Waals surface area contributed by atoms with Gasteiger partial charge in [-0.1, -0.05) is 48.5 Å². The largest absolute Gasteiger partial charge is 0.497 e. The Morgan fingerprint density at radius 3 is 1.86 bits per heavy atom. The van der Waals surface area contributed by atoms with Crippen molar-refractivity contribution >= 4 is 45.0 Å². The number of carbonyl (C=O) groups excluding carboxylic acids is 2. The number of carbonyl (C=O) groups is 2. The number of pyridine rings is 2. The van der Waals surface area contributed by atoms with Gasteiger partial charge < -0.3 is 42.6 Å². The summed E-state index contributed by atoms with van der Waals surface area (Å²) in [5, 5.41) is 11.5. The lowest BCUT2D eigenvalue weighted by molar-refractivity contribution is 0.0852. The van der Waals surface area contributed by atoms with Crippen LogP contribution in [0.15, 0.2) is 109 Å². The van der Waals surface area contributed by atoms with Gasteiger partial charge in [0.05, 0.1) is 41.4 Å². The van der Waals surface area contributed by atoms with Crippen LogP contribution in [0.1, 0.15) is 50.9 Å². The highest BCUT2D eigenvalue weighted by Crippen LogP contribution is 2.30. The molecule has 0 saturated carbocycles. The van der Waals surface area contributed by atoms with Crippen molar-refractivity contribution in [1.82, 2.24) is 15.3 Å². The second kappa shape index (κ2) is 15.5. The molecule has 9 N–H and O–H groups in total. The van der Waals surface area contributed by atoms with Crippen molar-refractivity contribution in [2.45, 2.75) is 25.2 Å². The van der Waals surface area contributed by atoms with Crippen molar-refractivity contribution in [3.05, 3.63) is 132 Å². The van der Waals surface area contributed by atoms with Gasteiger partial charge in [0.15, 0.2) is 6.23 Å². The number of amides is 2. The number of nitrogens with one attached hydrogen (secondary N) is 3. The van der Waals surface area contributed by atoms with Gasteiger partial charge in [-0.05, 0) is 66.6 Å². The Balaban J connectivity index is 1.13. The summed E-state index contributed by atoms with van der Waals surface area (Å²) in [6, 6.07) is 29.3. The Bertz CT molecular complexity index is 2180. The molecule has 0 aliphatic rings. The highest BCUT2D eigenvalue weighted by Gasteiger charge is 2.19. The van der Waals surface area contributed by atoms with Crippen molar-refractivity contribution in [1.29, 1.82) is 0 Å². The molecule has 6 rings (SSSR count). The van der Waals surface area contributed by atoms with Crippen LogP contribution < -0.4 is 42.6 Å². The fourth-order valence-corrected chi connectivity index (χ4v) is 6.05. The van der Waals surface area contributed by atoms with Crippen LogP contribution in [0.4, 0.5) is 11.4 Å². The van der Waals surface area contributed by atoms with Gasteiger partial charge >= 0.3 is 0 Å². The predicted molar refractivity (Wildman–Crippen MR) is 200 cm³/mol. The summed E-state index contributed by atoms with van der Waals surface area (Å²) >= 11 is 0. The molecule has 51 heavy (non-hydrogen) atoms. The molecule has 0 fully saturated rings. The highest BCUT2D eigenvalue weighted by atomic mass is 16.5. The van der Waals surface area contributed by atoms with E-state index < -0.39 is 12.1 Å². The molecule has 2 aromatic heterocycles. The molecule has 3 unspecified atom stereocenters. The first-order valence-electron chi connectivity index (χ1n) is 16.5. The average molecular weight is 685 g/mol. The average Bonchev–Trinajstić information content (AvgIpc) is 3.15. The number of nitrogens with two attached hydrogens (primary N) is 3. The molecule has 12 heteroatoms. The van der Waals surface area contributed by atoms with Crippen LogP contribution >= 0.6 is 0 Å². The van der Waals surface area contributed by atoms with Crippen LogP contribution in [-0.2, 0) is 0 Å². The number of rotatable bonds is 14. The maximum atomic E-state index is 13.5. The summed E-state index contributed by atoms with van der Waals surface area (Å²) in [5.74, 6) is 0.441. The summed E-state index contributed by atoms with van der Waals surface area (Å²) in [6.07, 6.45) is 2.64. The SMILES string of the molecule is COc1cccc(C(CN)Nc2ccnc3c(C(=O)NC(C)Oc4ccc(C(CN)Nc5ccnc6c(C(N)=O)cccc56)cc4)cccc23)c1. The molecule has 6 aromatic rings. The lowest BCUT2D eigenvalue weighted by Gasteiger charge is -2.21. The number of methoxy groups -OCH3 is 1. The van der Waals surface area contributed by atoms with Gasteiger partial charge in [0.1, 0.15) is 11.5 Å². The van der Waals surface area contributed by atoms with Crippen LogP contribution in [0, 0.1) is 0 Å². The zero-order valence-electron chi connectivity index (χ0n) is 28.3. The molecule has 0 spiro atoms. The lowest BCUT2D eigenvalue weighted by atomic mass is 10.0. The van der Waals surface area contributed by atoms with Crippen LogP contribution in [0.3, 0.4) is 0 Å². The van der Waals surface area contributed by atoms with Crippen molar-refractivity contribution in [2.24, 2.45) is 17.2 Å². The number of para-hydroxylation sites is 2. The van der Waals surface area contributed by atoms with Crippen LogP contribution in [0.2, 0.25) is 0 Å². The monoisotopic (exact) mass is 684 g/mol. The predicted octanol–water partition coefficient (Wildman–Crippen LogP) is 5.27. The molecule has 12 nitrogen and oxygen atoms in total. The third kappa shape index (κ3) is 7.67. The number of nitrogens with zero attached hydrogens (tertiary/aromatic N) is 2. The maximum Gasteiger partial charge on any atom is 0.256 e. The number of hydrogen-bond acceptors (Lipinski definition) is 10. The van der Waals surface area contributed by atoms with Gasteiger partial charge in [-0.25, -0.2) is 0 Å². The number of hydrogen-bond donors (Lipinski definition) is 6. The molecule has 0 bridgehead atoms. The molecule has 4 aromatic carbocycles. The van der Waals surface area contributed by atoms with Crippen LogP contribution in [0.25, 0.3) is 21.8 Å². The van der Waals surface area contributed by atoms with Gasteiger partial charge in [-0.3, -0.25) is 19.6 Å². The fourth-order valence-electron chi connectivity index (χ4n) is 6.05. The van der Waals surface area contributed by atoms with E-state index >= 15 is 0 Å². The van der Waals surface area contributed by atoms with Crippen molar-refractivity contribution in [2.75, 3.05) is 30.8 Å². The first-order valence-corrected chi connectivity index (χ1v) is 16.5. The van der Waals surface area contributed by atoms with Gasteiger partial charge in [0.2, 0.25) is 0 Å². The highest BCUT2D eigenvalue weighted by molar-refractivity contribution is 6.08. The molecular formula is C39H40N8O4. The Morgan fingerprint density at radius 2 is 1.27 bits per heavy atom. The van der Waals surface area contributed by atoms with E-state index in [1.54, 1.807) is 44.6 Å². The lowest BCUT2D eigenvalue weighted by Crippen LogP contribution is -2.36. The summed E-state index contributed by atoms with van der Waals surface area (Å²) < 4.78 is 11.5. The first kappa shape index (κ1) is 34.6. The van der Waals surface area contributed by atoms with Crippen LogP contribution in [-0.4, -0.2) is 48.2 Å². The van der Waals surface area contributed by atoms with E-state index in [0.717, 1.165) is 39.0 Å². The van der Waals surface area contributed by atoms with Crippen molar-refractivity contribution < 1.29 is 19.1 Å². The Labute approximate surface area is 295 Å². The minimum absolute atomic E-state index is 0.189. The van der Waals surface area contributed by atoms with E-state index in [2.05, 4.69) is 25.9 Å². The molecule has 0 aliphatic carbocycles. The number of anilines is 2. The number of ether oxygens (including phenoxy) is 2. The van der Waals surface area contributed by atoms with E-state index in [1.807, 2.05) is 78.9 Å². The zero-order valence-corrected chi connectivity index (χ0v) is 28.3. The third-order valence-corrected chi connectivity index (χ3v) is 8.61. The van der Waals surface area contributed by atoms with Gasteiger partial charge in [0, 0.05) is 47.6 Å². The first-order chi connectivity index (χ1) is 24.8. The number of fused-ring (bicyclic) bond motifs is 2. The Hall–Kier alpha value is -6.24. The standard InChI is InChI=1S/C39H40N8O4/c1-23(51-26-14-12-24(13-15-26)34(21-40)46-32-16-18-43-36-28(32)8-4-10-30(36)38(42)48)45-39(49)31-11-5-9-29-33(17-19-44-37(29)31)47-35(22-41)25-6-3-7-27(20-25)50-2/h3-20,23,34-35H,21-22,40-41H2,1-2H3,(H2,42,48)(H,43,46)(H,44,47)(H,45,49). The fraction of sp³-hybridized carbons (Fsp3) is 0.179. The molecule has 0 aliphatic heterocycles. The Kier molecular flexibility index (Phi) is 10.5. The van der Waals surface area contributed by atoms with E-state index in [1.165, 1.54) is 0 Å². The minimum atomic E-state index is -0.652. The molecule has 2 heterocycles. The van der Waals surface area contributed by atoms with Gasteiger partial charge in [-0.2, -0.15) is 0 Å². The van der Waals surface area contributed by atoms with E-state index in [4.69, 9.17) is 26.7 Å². The second-order valence-electron chi connectivity index (χ2n) is 11.9. The molecular weight excluding hydrogens is 644 g/mol. The molecule has 2 amide bonds. The topological polar surface area (TPSA) is 193 Å². The molecule has 3 atom stereocenters. The second-order valence-corrected chi connectivity index (χ2v) is 11.9. The molecule has 0 radical (unpaired) electrons. The summed E-state index contributed by atoms with van der Waals surface area (Å²) in [7, 11) is 1.63. The summed E-state index contributed by atoms with van der Waals surface area (Å²) in [4.78, 5) is 34.3. The zero-order chi connectivity index (χ0) is 35.9. The summed E-state index contributed by atoms with van der Waals surface area (Å²) in [5.41, 5.74) is 23.2. The maximum absolute atomic E-state index is 13.5. The number of aromatic nitrogens is 2. The number of benzene rings is 4. The van der Waals surface area contributed by atoms with Crippen LogP contribution in [0.5, 0.6) is 11.5 Å². The minimum Gasteiger partial charge on any atom is -0.497 e. The quantitative estimate of drug-likeness (QED) is 0.0824. The van der Waals surface area contributed by atoms with E-state index in [9.17, 15) is 9.59 Å². The van der Waals surface area contributed by atoms with Crippen molar-refractivity contribution in [3.63, 3.8) is 0 Å². The normalized spacial score (nSPS) is 12.9. The van der Waals surface area contributed by atoms with Gasteiger partial charge in [-0.15, -0.1) is 0 Å². The third-order valence-electron chi connectivity index (χ3n) is 8.61. The van der Waals surface area contributed by atoms with Gasteiger partial charge in [0.25, 0.3) is 11.8 Å². The number of primary amides is 1.